The van der Waals surface area contributed by atoms with Crippen molar-refractivity contribution in [2.24, 2.45) is 5.92 Å². The summed E-state index contributed by atoms with van der Waals surface area (Å²) >= 11 is 0. The van der Waals surface area contributed by atoms with Crippen LogP contribution in [-0.2, 0) is 9.47 Å². The van der Waals surface area contributed by atoms with Gasteiger partial charge in [0, 0.05) is 0 Å². The molecule has 0 atom stereocenters. The van der Waals surface area contributed by atoms with Gasteiger partial charge in [0.1, 0.15) is 0 Å². The van der Waals surface area contributed by atoms with Crippen LogP contribution >= 0.6 is 0 Å². The second-order valence-corrected chi connectivity index (χ2v) is 3.41. The molecule has 1 rings (SSSR count). The molecule has 1 aliphatic rings. The fraction of sp³-hybridized carbons (Fsp3) is 0.800. The second-order valence-electron chi connectivity index (χ2n) is 3.41. The van der Waals surface area contributed by atoms with Crippen LogP contribution in [0.2, 0.25) is 0 Å². The maximum absolute atomic E-state index is 10.8. The van der Waals surface area contributed by atoms with Crippen LogP contribution < -0.4 is 0 Å². The van der Waals surface area contributed by atoms with Gasteiger partial charge in [-0.2, -0.15) is 0 Å². The lowest BCUT2D eigenvalue weighted by Gasteiger charge is -2.20. The third-order valence-corrected chi connectivity index (χ3v) is 2.38. The quantitative estimate of drug-likeness (QED) is 0.634. The molecule has 0 aromatic heterocycles. The first-order valence-electron chi connectivity index (χ1n) is 4.91. The summed E-state index contributed by atoms with van der Waals surface area (Å²) in [6.45, 7) is 4.05. The van der Waals surface area contributed by atoms with Crippen LogP contribution in [0.4, 0.5) is 4.79 Å². The van der Waals surface area contributed by atoms with Gasteiger partial charge in [0.15, 0.2) is 0 Å². The van der Waals surface area contributed by atoms with Crippen molar-refractivity contribution in [1.82, 2.24) is 0 Å². The SMILES string of the molecule is [CH2]COC(=O)OCC1CCCCC1. The first kappa shape index (κ1) is 10.4. The van der Waals surface area contributed by atoms with Crippen molar-refractivity contribution in [2.75, 3.05) is 13.2 Å². The van der Waals surface area contributed by atoms with Crippen LogP contribution in [0.1, 0.15) is 32.1 Å². The summed E-state index contributed by atoms with van der Waals surface area (Å²) in [6.07, 6.45) is 5.62. The molecule has 0 aromatic carbocycles. The van der Waals surface area contributed by atoms with Crippen molar-refractivity contribution in [3.63, 3.8) is 0 Å². The zero-order valence-electron chi connectivity index (χ0n) is 7.96. The standard InChI is InChI=1S/C10H17O3/c1-2-12-10(11)13-8-9-6-4-3-5-7-9/h9H,1-8H2. The number of hydrogen-bond donors (Lipinski definition) is 0. The third-order valence-electron chi connectivity index (χ3n) is 2.38. The van der Waals surface area contributed by atoms with Crippen LogP contribution in [0.25, 0.3) is 0 Å². The maximum Gasteiger partial charge on any atom is 0.508 e. The molecule has 0 N–H and O–H groups in total. The number of hydrogen-bond acceptors (Lipinski definition) is 3. The van der Waals surface area contributed by atoms with E-state index in [1.54, 1.807) is 0 Å². The van der Waals surface area contributed by atoms with E-state index < -0.39 is 6.16 Å². The summed E-state index contributed by atoms with van der Waals surface area (Å²) in [5.41, 5.74) is 0. The predicted octanol–water partition coefficient (Wildman–Crippen LogP) is 2.55. The molecule has 13 heavy (non-hydrogen) atoms. The number of ether oxygens (including phenoxy) is 2. The molecule has 3 heteroatoms. The number of carbonyl (C=O) groups is 1. The molecule has 0 aliphatic heterocycles. The van der Waals surface area contributed by atoms with E-state index in [0.717, 1.165) is 0 Å². The summed E-state index contributed by atoms with van der Waals surface area (Å²) in [4.78, 5) is 10.8. The van der Waals surface area contributed by atoms with Crippen LogP contribution in [-0.4, -0.2) is 19.4 Å². The Morgan fingerprint density at radius 3 is 2.54 bits per heavy atom. The van der Waals surface area contributed by atoms with Gasteiger partial charge in [-0.05, 0) is 25.7 Å². The van der Waals surface area contributed by atoms with Gasteiger partial charge in [0.05, 0.1) is 13.2 Å². The highest BCUT2D eigenvalue weighted by Gasteiger charge is 2.15. The lowest BCUT2D eigenvalue weighted by atomic mass is 9.90. The van der Waals surface area contributed by atoms with E-state index in [4.69, 9.17) is 4.74 Å². The van der Waals surface area contributed by atoms with Gasteiger partial charge in [0.25, 0.3) is 0 Å². The van der Waals surface area contributed by atoms with Crippen LogP contribution in [0.3, 0.4) is 0 Å². The molecule has 0 heterocycles. The smallest absolute Gasteiger partial charge is 0.434 e. The highest BCUT2D eigenvalue weighted by Crippen LogP contribution is 2.23. The Morgan fingerprint density at radius 2 is 1.92 bits per heavy atom. The molecule has 1 aliphatic carbocycles. The maximum atomic E-state index is 10.8. The van der Waals surface area contributed by atoms with Crippen molar-refractivity contribution in [1.29, 1.82) is 0 Å². The monoisotopic (exact) mass is 185 g/mol. The third kappa shape index (κ3) is 4.15. The summed E-state index contributed by atoms with van der Waals surface area (Å²) < 4.78 is 9.48. The molecule has 0 spiro atoms. The first-order chi connectivity index (χ1) is 6.33. The zero-order chi connectivity index (χ0) is 9.52. The Kier molecular flexibility index (Phi) is 4.65. The summed E-state index contributed by atoms with van der Waals surface area (Å²) in [5.74, 6) is 0.547. The second kappa shape index (κ2) is 5.84. The minimum Gasteiger partial charge on any atom is -0.434 e. The Hall–Kier alpha value is -0.730. The van der Waals surface area contributed by atoms with Crippen molar-refractivity contribution in [3.05, 3.63) is 6.92 Å². The molecular weight excluding hydrogens is 168 g/mol. The van der Waals surface area contributed by atoms with E-state index in [9.17, 15) is 4.79 Å². The van der Waals surface area contributed by atoms with Gasteiger partial charge in [-0.1, -0.05) is 19.3 Å². The van der Waals surface area contributed by atoms with E-state index in [2.05, 4.69) is 11.7 Å². The van der Waals surface area contributed by atoms with Gasteiger partial charge >= 0.3 is 6.16 Å². The topological polar surface area (TPSA) is 35.5 Å². The molecule has 0 saturated heterocycles. The number of carbonyl (C=O) groups excluding carboxylic acids is 1. The molecule has 0 aromatic rings. The molecule has 75 valence electrons. The fourth-order valence-electron chi connectivity index (χ4n) is 1.66. The van der Waals surface area contributed by atoms with Crippen molar-refractivity contribution in [2.45, 2.75) is 32.1 Å². The van der Waals surface area contributed by atoms with Gasteiger partial charge < -0.3 is 9.47 Å². The van der Waals surface area contributed by atoms with E-state index in [1.165, 1.54) is 32.1 Å². The Bertz CT molecular complexity index is 150. The molecule has 1 fully saturated rings. The van der Waals surface area contributed by atoms with Crippen LogP contribution in [0, 0.1) is 12.8 Å². The lowest BCUT2D eigenvalue weighted by molar-refractivity contribution is 0.0462. The van der Waals surface area contributed by atoms with Crippen molar-refractivity contribution in [3.8, 4) is 0 Å². The van der Waals surface area contributed by atoms with E-state index in [-0.39, 0.29) is 6.61 Å². The van der Waals surface area contributed by atoms with E-state index in [0.29, 0.717) is 12.5 Å². The molecule has 0 amide bonds. The minimum atomic E-state index is -0.583. The zero-order valence-corrected chi connectivity index (χ0v) is 7.96. The van der Waals surface area contributed by atoms with Crippen LogP contribution in [0.15, 0.2) is 0 Å². The summed E-state index contributed by atoms with van der Waals surface area (Å²) in [6, 6.07) is 0. The number of rotatable bonds is 3. The largest absolute Gasteiger partial charge is 0.508 e. The van der Waals surface area contributed by atoms with Crippen molar-refractivity contribution >= 4 is 6.16 Å². The predicted molar refractivity (Wildman–Crippen MR) is 49.2 cm³/mol. The summed E-state index contributed by atoms with van der Waals surface area (Å²) in [5, 5.41) is 0. The Labute approximate surface area is 79.4 Å². The normalized spacial score (nSPS) is 18.2. The average Bonchev–Trinajstić information content (AvgIpc) is 2.17. The lowest BCUT2D eigenvalue weighted by Crippen LogP contribution is -2.17. The Balaban J connectivity index is 2.06. The first-order valence-corrected chi connectivity index (χ1v) is 4.91. The fourth-order valence-corrected chi connectivity index (χ4v) is 1.66. The molecule has 3 nitrogen and oxygen atoms in total. The average molecular weight is 185 g/mol. The van der Waals surface area contributed by atoms with Crippen molar-refractivity contribution < 1.29 is 14.3 Å². The molecule has 1 radical (unpaired) electrons. The minimum absolute atomic E-state index is 0.142. The molecule has 1 saturated carbocycles. The Morgan fingerprint density at radius 1 is 1.23 bits per heavy atom. The van der Waals surface area contributed by atoms with Gasteiger partial charge in [-0.25, -0.2) is 4.79 Å². The van der Waals surface area contributed by atoms with Gasteiger partial charge in [-0.15, -0.1) is 0 Å². The van der Waals surface area contributed by atoms with E-state index >= 15 is 0 Å². The van der Waals surface area contributed by atoms with Crippen LogP contribution in [0.5, 0.6) is 0 Å². The van der Waals surface area contributed by atoms with Gasteiger partial charge in [0.2, 0.25) is 0 Å². The molecule has 0 unspecified atom stereocenters. The summed E-state index contributed by atoms with van der Waals surface area (Å²) in [7, 11) is 0. The molecular formula is C10H17O3. The molecule has 0 bridgehead atoms. The van der Waals surface area contributed by atoms with E-state index in [1.807, 2.05) is 0 Å². The highest BCUT2D eigenvalue weighted by atomic mass is 16.7. The highest BCUT2D eigenvalue weighted by molar-refractivity contribution is 5.59. The van der Waals surface area contributed by atoms with Gasteiger partial charge in [-0.3, -0.25) is 0 Å².